The van der Waals surface area contributed by atoms with Crippen molar-refractivity contribution < 1.29 is 13.7 Å². The number of nitrogens with zero attached hydrogens (tertiary/aromatic N) is 2. The van der Waals surface area contributed by atoms with Crippen molar-refractivity contribution >= 4 is 6.03 Å². The predicted octanol–water partition coefficient (Wildman–Crippen LogP) is 3.48. The highest BCUT2D eigenvalue weighted by Crippen LogP contribution is 2.35. The average Bonchev–Trinajstić information content (AvgIpc) is 3.13. The lowest BCUT2D eigenvalue weighted by molar-refractivity contribution is 0.192. The number of urea groups is 1. The number of aromatic nitrogens is 1. The molecule has 5 nitrogen and oxygen atoms in total. The number of rotatable bonds is 3. The molecule has 2 amide bonds. The largest absolute Gasteiger partial charge is 0.361 e. The first-order chi connectivity index (χ1) is 11.1. The van der Waals surface area contributed by atoms with Crippen LogP contribution in [-0.2, 0) is 6.54 Å². The lowest BCUT2D eigenvalue weighted by Gasteiger charge is -2.25. The fourth-order valence-electron chi connectivity index (χ4n) is 3.16. The third-order valence-electron chi connectivity index (χ3n) is 4.29. The Morgan fingerprint density at radius 3 is 2.78 bits per heavy atom. The van der Waals surface area contributed by atoms with E-state index in [1.54, 1.807) is 12.1 Å². The summed E-state index contributed by atoms with van der Waals surface area (Å²) in [4.78, 5) is 14.3. The van der Waals surface area contributed by atoms with Crippen LogP contribution in [0.1, 0.15) is 41.5 Å². The van der Waals surface area contributed by atoms with Gasteiger partial charge in [-0.3, -0.25) is 0 Å². The molecule has 1 aromatic heterocycles. The second kappa shape index (κ2) is 6.40. The van der Waals surface area contributed by atoms with Gasteiger partial charge < -0.3 is 14.7 Å². The Bertz CT molecular complexity index is 677. The molecule has 0 unspecified atom stereocenters. The number of likely N-dealkylation sites (tertiary alicyclic amines) is 1. The standard InChI is InChI=1S/C17H20FN3O2/c1-11-16(12(2)23-20-11)15-4-3-9-21(15)17(22)19-10-13-5-7-14(18)8-6-13/h5-8,15H,3-4,9-10H2,1-2H3,(H,19,22)/t15-/m0/s1. The molecule has 2 heterocycles. The van der Waals surface area contributed by atoms with Crippen molar-refractivity contribution in [1.82, 2.24) is 15.4 Å². The van der Waals surface area contributed by atoms with Crippen molar-refractivity contribution in [2.45, 2.75) is 39.3 Å². The van der Waals surface area contributed by atoms with Crippen LogP contribution in [0.25, 0.3) is 0 Å². The van der Waals surface area contributed by atoms with Crippen LogP contribution in [0.5, 0.6) is 0 Å². The van der Waals surface area contributed by atoms with Crippen LogP contribution >= 0.6 is 0 Å². The molecule has 0 aliphatic carbocycles. The van der Waals surface area contributed by atoms with Crippen molar-refractivity contribution in [3.8, 4) is 0 Å². The van der Waals surface area contributed by atoms with Crippen LogP contribution < -0.4 is 5.32 Å². The van der Waals surface area contributed by atoms with E-state index in [9.17, 15) is 9.18 Å². The van der Waals surface area contributed by atoms with Crippen molar-refractivity contribution in [3.05, 3.63) is 52.7 Å². The van der Waals surface area contributed by atoms with Gasteiger partial charge in [0, 0.05) is 18.7 Å². The molecule has 0 bridgehead atoms. The lowest BCUT2D eigenvalue weighted by Crippen LogP contribution is -2.39. The molecular formula is C17H20FN3O2. The summed E-state index contributed by atoms with van der Waals surface area (Å²) >= 11 is 0. The van der Waals surface area contributed by atoms with E-state index in [-0.39, 0.29) is 17.9 Å². The topological polar surface area (TPSA) is 58.4 Å². The van der Waals surface area contributed by atoms with Gasteiger partial charge in [-0.05, 0) is 44.4 Å². The number of amides is 2. The highest BCUT2D eigenvalue weighted by molar-refractivity contribution is 5.75. The molecular weight excluding hydrogens is 297 g/mol. The van der Waals surface area contributed by atoms with Gasteiger partial charge >= 0.3 is 6.03 Å². The molecule has 1 N–H and O–H groups in total. The zero-order chi connectivity index (χ0) is 16.4. The monoisotopic (exact) mass is 317 g/mol. The maximum absolute atomic E-state index is 12.9. The maximum Gasteiger partial charge on any atom is 0.318 e. The Morgan fingerprint density at radius 1 is 1.39 bits per heavy atom. The van der Waals surface area contributed by atoms with E-state index in [2.05, 4.69) is 10.5 Å². The smallest absolute Gasteiger partial charge is 0.318 e. The van der Waals surface area contributed by atoms with Crippen LogP contribution in [-0.4, -0.2) is 22.6 Å². The average molecular weight is 317 g/mol. The first-order valence-corrected chi connectivity index (χ1v) is 7.78. The molecule has 0 radical (unpaired) electrons. The minimum atomic E-state index is -0.280. The minimum Gasteiger partial charge on any atom is -0.361 e. The summed E-state index contributed by atoms with van der Waals surface area (Å²) in [5.74, 6) is 0.490. The molecule has 1 aliphatic rings. The highest BCUT2D eigenvalue weighted by atomic mass is 19.1. The zero-order valence-electron chi connectivity index (χ0n) is 13.3. The van der Waals surface area contributed by atoms with Crippen LogP contribution in [0.4, 0.5) is 9.18 Å². The number of nitrogens with one attached hydrogen (secondary N) is 1. The summed E-state index contributed by atoms with van der Waals surface area (Å²) < 4.78 is 18.1. The van der Waals surface area contributed by atoms with E-state index in [1.165, 1.54) is 12.1 Å². The number of benzene rings is 1. The molecule has 2 aromatic rings. The summed E-state index contributed by atoms with van der Waals surface area (Å²) in [6.45, 7) is 4.87. The van der Waals surface area contributed by atoms with E-state index in [1.807, 2.05) is 18.7 Å². The minimum absolute atomic E-state index is 0.00877. The number of carbonyl (C=O) groups excluding carboxylic acids is 1. The summed E-state index contributed by atoms with van der Waals surface area (Å²) in [5.41, 5.74) is 2.72. The maximum atomic E-state index is 12.9. The van der Waals surface area contributed by atoms with E-state index in [0.29, 0.717) is 13.1 Å². The molecule has 1 aliphatic heterocycles. The van der Waals surface area contributed by atoms with E-state index < -0.39 is 0 Å². The second-order valence-electron chi connectivity index (χ2n) is 5.87. The van der Waals surface area contributed by atoms with Gasteiger partial charge in [-0.25, -0.2) is 9.18 Å². The second-order valence-corrected chi connectivity index (χ2v) is 5.87. The summed E-state index contributed by atoms with van der Waals surface area (Å²) in [6.07, 6.45) is 1.87. The van der Waals surface area contributed by atoms with Crippen LogP contribution in [0.3, 0.4) is 0 Å². The zero-order valence-corrected chi connectivity index (χ0v) is 13.3. The van der Waals surface area contributed by atoms with Crippen molar-refractivity contribution in [1.29, 1.82) is 0 Å². The molecule has 0 spiro atoms. The van der Waals surface area contributed by atoms with Crippen LogP contribution in [0, 0.1) is 19.7 Å². The van der Waals surface area contributed by atoms with Gasteiger partial charge in [-0.15, -0.1) is 0 Å². The number of hydrogen-bond donors (Lipinski definition) is 1. The van der Waals surface area contributed by atoms with Gasteiger partial charge in [-0.2, -0.15) is 0 Å². The molecule has 1 atom stereocenters. The molecule has 6 heteroatoms. The number of aryl methyl sites for hydroxylation is 2. The first-order valence-electron chi connectivity index (χ1n) is 7.78. The predicted molar refractivity (Wildman–Crippen MR) is 83.3 cm³/mol. The van der Waals surface area contributed by atoms with E-state index in [4.69, 9.17) is 4.52 Å². The molecule has 23 heavy (non-hydrogen) atoms. The summed E-state index contributed by atoms with van der Waals surface area (Å²) in [5, 5.41) is 6.89. The molecule has 122 valence electrons. The summed E-state index contributed by atoms with van der Waals surface area (Å²) in [7, 11) is 0. The third kappa shape index (κ3) is 3.21. The van der Waals surface area contributed by atoms with Gasteiger partial charge in [0.05, 0.1) is 11.7 Å². The Morgan fingerprint density at radius 2 is 2.13 bits per heavy atom. The quantitative estimate of drug-likeness (QED) is 0.943. The normalized spacial score (nSPS) is 17.5. The van der Waals surface area contributed by atoms with Gasteiger partial charge in [0.15, 0.2) is 0 Å². The number of halogens is 1. The molecule has 1 fully saturated rings. The summed E-state index contributed by atoms with van der Waals surface area (Å²) in [6, 6.07) is 6.02. The van der Waals surface area contributed by atoms with Gasteiger partial charge in [0.25, 0.3) is 0 Å². The van der Waals surface area contributed by atoms with Crippen LogP contribution in [0.2, 0.25) is 0 Å². The fourth-order valence-corrected chi connectivity index (χ4v) is 3.16. The Labute approximate surface area is 134 Å². The lowest BCUT2D eigenvalue weighted by atomic mass is 10.0. The Kier molecular flexibility index (Phi) is 4.32. The molecule has 1 aromatic carbocycles. The van der Waals surface area contributed by atoms with Crippen LogP contribution in [0.15, 0.2) is 28.8 Å². The van der Waals surface area contributed by atoms with E-state index >= 15 is 0 Å². The number of hydrogen-bond acceptors (Lipinski definition) is 3. The Hall–Kier alpha value is -2.37. The van der Waals surface area contributed by atoms with Crippen molar-refractivity contribution in [2.75, 3.05) is 6.54 Å². The van der Waals surface area contributed by atoms with Gasteiger partial charge in [-0.1, -0.05) is 17.3 Å². The molecule has 1 saturated heterocycles. The third-order valence-corrected chi connectivity index (χ3v) is 4.29. The Balaban J connectivity index is 1.67. The van der Waals surface area contributed by atoms with Gasteiger partial charge in [0.2, 0.25) is 0 Å². The van der Waals surface area contributed by atoms with Gasteiger partial charge in [0.1, 0.15) is 11.6 Å². The number of carbonyl (C=O) groups is 1. The molecule has 0 saturated carbocycles. The SMILES string of the molecule is Cc1noc(C)c1[C@@H]1CCCN1C(=O)NCc1ccc(F)cc1. The molecule has 3 rings (SSSR count). The highest BCUT2D eigenvalue weighted by Gasteiger charge is 2.33. The van der Waals surface area contributed by atoms with Crippen molar-refractivity contribution in [3.63, 3.8) is 0 Å². The fraction of sp³-hybridized carbons (Fsp3) is 0.412. The van der Waals surface area contributed by atoms with E-state index in [0.717, 1.165) is 35.4 Å². The van der Waals surface area contributed by atoms with Crippen molar-refractivity contribution in [2.24, 2.45) is 0 Å². The first kappa shape index (κ1) is 15.5.